The molecule has 4 heteroatoms. The average Bonchev–Trinajstić information content (AvgIpc) is 2.22. The summed E-state index contributed by atoms with van der Waals surface area (Å²) < 4.78 is 5.41. The van der Waals surface area contributed by atoms with E-state index in [2.05, 4.69) is 13.8 Å². The third-order valence-electron chi connectivity index (χ3n) is 2.52. The Balaban J connectivity index is 4.33. The second kappa shape index (κ2) is 6.80. The Morgan fingerprint density at radius 1 is 0.867 bits per heavy atom. The minimum absolute atomic E-state index is 0.433. The normalized spacial score (nSPS) is 14.9. The maximum atomic E-state index is 10.3. The Hall–Kier alpha value is 0.310. The molecule has 0 aliphatic carbocycles. The van der Waals surface area contributed by atoms with Gasteiger partial charge < -0.3 is 0 Å². The van der Waals surface area contributed by atoms with Gasteiger partial charge in [-0.15, -0.1) is 0 Å². The van der Waals surface area contributed by atoms with E-state index >= 15 is 0 Å². The third kappa shape index (κ3) is 6.47. The van der Waals surface area contributed by atoms with Crippen molar-refractivity contribution in [2.45, 2.75) is 52.9 Å². The van der Waals surface area contributed by atoms with Crippen molar-refractivity contribution in [3.8, 4) is 0 Å². The molecule has 0 atom stereocenters. The summed E-state index contributed by atoms with van der Waals surface area (Å²) in [6.45, 7) is 6.54. The van der Waals surface area contributed by atoms with Crippen molar-refractivity contribution in [3.05, 3.63) is 0 Å². The fourth-order valence-electron chi connectivity index (χ4n) is 1.49. The van der Waals surface area contributed by atoms with Gasteiger partial charge >= 0.3 is 93.4 Å². The summed E-state index contributed by atoms with van der Waals surface area (Å²) in [6.07, 6.45) is 5.30. The van der Waals surface area contributed by atoms with Gasteiger partial charge in [0.15, 0.2) is 0 Å². The maximum absolute atomic E-state index is 10.3. The molecule has 0 saturated heterocycles. The summed E-state index contributed by atoms with van der Waals surface area (Å²) >= 11 is 0. The van der Waals surface area contributed by atoms with E-state index in [1.54, 1.807) is 0 Å². The molecule has 0 bridgehead atoms. The van der Waals surface area contributed by atoms with Gasteiger partial charge in [-0.2, -0.15) is 0 Å². The van der Waals surface area contributed by atoms with Crippen LogP contribution >= 0.6 is 7.28 Å². The van der Waals surface area contributed by atoms with E-state index < -0.39 is 7.28 Å². The number of hydrogen-bond acceptors (Lipinski definition) is 3. The Kier molecular flexibility index (Phi) is 6.94. The van der Waals surface area contributed by atoms with Crippen LogP contribution in [0.25, 0.3) is 0 Å². The zero-order valence-electron chi connectivity index (χ0n) is 10.4. The molecule has 0 radical (unpaired) electrons. The Morgan fingerprint density at radius 3 is 1.67 bits per heavy atom. The van der Waals surface area contributed by atoms with Crippen molar-refractivity contribution < 1.29 is 14.3 Å². The first kappa shape index (κ1) is 15.3. The first-order valence-electron chi connectivity index (χ1n) is 6.13. The van der Waals surface area contributed by atoms with Crippen molar-refractivity contribution in [1.29, 1.82) is 0 Å². The van der Waals surface area contributed by atoms with Gasteiger partial charge in [-0.3, -0.25) is 0 Å². The Morgan fingerprint density at radius 2 is 1.33 bits per heavy atom. The summed E-state index contributed by atoms with van der Waals surface area (Å²) in [5.41, 5.74) is 0. The second-order valence-electron chi connectivity index (χ2n) is 4.29. The van der Waals surface area contributed by atoms with Crippen LogP contribution in [-0.2, 0) is 4.52 Å². The first-order chi connectivity index (χ1) is 6.96. The molecular weight excluding hydrogens is 211 g/mol. The predicted molar refractivity (Wildman–Crippen MR) is 67.2 cm³/mol. The molecule has 0 aromatic heterocycles. The minimum atomic E-state index is -3.78. The molecule has 0 amide bonds. The summed E-state index contributed by atoms with van der Waals surface area (Å²) in [5.74, 6) is 0. The van der Waals surface area contributed by atoms with Crippen molar-refractivity contribution in [3.63, 3.8) is 0 Å². The van der Waals surface area contributed by atoms with Crippen LogP contribution in [0.15, 0.2) is 0 Å². The fraction of sp³-hybridized carbons (Fsp3) is 1.00. The second-order valence-corrected chi connectivity index (χ2v) is 8.04. The van der Waals surface area contributed by atoms with E-state index in [0.717, 1.165) is 32.1 Å². The van der Waals surface area contributed by atoms with Crippen LogP contribution in [0.3, 0.4) is 0 Å². The van der Waals surface area contributed by atoms with Crippen LogP contribution in [0, 0.1) is 0 Å². The van der Waals surface area contributed by atoms with Gasteiger partial charge in [0.1, 0.15) is 0 Å². The van der Waals surface area contributed by atoms with E-state index in [1.165, 1.54) is 0 Å². The molecule has 0 aliphatic heterocycles. The standard InChI is InChI=1S/C11H27O3P/c1-4-7-10-15(12,13,11-8-5-2)14-9-6-3/h12-13H,4-11H2,1-3H3. The SMILES string of the molecule is CCCCP(O)(O)(CCCC)OCCC. The van der Waals surface area contributed by atoms with Crippen molar-refractivity contribution in [2.75, 3.05) is 18.9 Å². The zero-order valence-corrected chi connectivity index (χ0v) is 11.3. The van der Waals surface area contributed by atoms with Crippen LogP contribution in [0.4, 0.5) is 0 Å². The molecule has 94 valence electrons. The fourth-order valence-corrected chi connectivity index (χ4v) is 4.48. The van der Waals surface area contributed by atoms with E-state index in [-0.39, 0.29) is 0 Å². The quantitative estimate of drug-likeness (QED) is 0.606. The molecule has 0 aromatic carbocycles. The molecular formula is C11H27O3P. The van der Waals surface area contributed by atoms with Crippen molar-refractivity contribution in [1.82, 2.24) is 0 Å². The Bertz CT molecular complexity index is 143. The molecule has 0 rings (SSSR count). The van der Waals surface area contributed by atoms with Gasteiger partial charge in [0.2, 0.25) is 0 Å². The number of unbranched alkanes of at least 4 members (excludes halogenated alkanes) is 2. The summed E-state index contributed by atoms with van der Waals surface area (Å²) in [7, 11) is -3.78. The first-order valence-corrected chi connectivity index (χ1v) is 8.56. The van der Waals surface area contributed by atoms with Gasteiger partial charge in [-0.25, -0.2) is 0 Å². The topological polar surface area (TPSA) is 49.7 Å². The van der Waals surface area contributed by atoms with Gasteiger partial charge in [0, 0.05) is 0 Å². The van der Waals surface area contributed by atoms with E-state index in [1.807, 2.05) is 6.92 Å². The van der Waals surface area contributed by atoms with Gasteiger partial charge in [-0.05, 0) is 0 Å². The zero-order chi connectivity index (χ0) is 11.8. The number of hydrogen-bond donors (Lipinski definition) is 2. The summed E-state index contributed by atoms with van der Waals surface area (Å²) in [6, 6.07) is 0. The molecule has 3 nitrogen and oxygen atoms in total. The van der Waals surface area contributed by atoms with Crippen molar-refractivity contribution >= 4 is 7.28 Å². The van der Waals surface area contributed by atoms with E-state index in [9.17, 15) is 9.79 Å². The molecule has 0 unspecified atom stereocenters. The van der Waals surface area contributed by atoms with Crippen molar-refractivity contribution in [2.24, 2.45) is 0 Å². The molecule has 0 spiro atoms. The van der Waals surface area contributed by atoms with Gasteiger partial charge in [0.25, 0.3) is 0 Å². The average molecular weight is 238 g/mol. The molecule has 2 N–H and O–H groups in total. The monoisotopic (exact) mass is 238 g/mol. The summed E-state index contributed by atoms with van der Waals surface area (Å²) in [5, 5.41) is 0. The van der Waals surface area contributed by atoms with E-state index in [4.69, 9.17) is 4.52 Å². The predicted octanol–water partition coefficient (Wildman–Crippen LogP) is 3.30. The van der Waals surface area contributed by atoms with Crippen LogP contribution in [-0.4, -0.2) is 28.7 Å². The van der Waals surface area contributed by atoms with Gasteiger partial charge in [0.05, 0.1) is 0 Å². The number of rotatable bonds is 9. The summed E-state index contributed by atoms with van der Waals surface area (Å²) in [4.78, 5) is 20.7. The molecule has 0 aromatic rings. The molecule has 0 heterocycles. The van der Waals surface area contributed by atoms with E-state index in [0.29, 0.717) is 18.9 Å². The molecule has 0 aliphatic rings. The Labute approximate surface area is 94.0 Å². The van der Waals surface area contributed by atoms with Gasteiger partial charge in [-0.1, -0.05) is 0 Å². The third-order valence-corrected chi connectivity index (χ3v) is 5.72. The van der Waals surface area contributed by atoms with Crippen LogP contribution in [0.5, 0.6) is 0 Å². The van der Waals surface area contributed by atoms with Crippen LogP contribution < -0.4 is 0 Å². The molecule has 0 saturated carbocycles. The molecule has 0 fully saturated rings. The molecule has 15 heavy (non-hydrogen) atoms. The van der Waals surface area contributed by atoms with Crippen LogP contribution in [0.2, 0.25) is 0 Å². The van der Waals surface area contributed by atoms with Crippen LogP contribution in [0.1, 0.15) is 52.9 Å².